The molecule has 21 heavy (non-hydrogen) atoms. The number of aromatic nitrogens is 3. The number of hydrogen-bond acceptors (Lipinski definition) is 5. The molecule has 110 valence electrons. The Hall–Kier alpha value is -2.70. The molecule has 0 unspecified atom stereocenters. The summed E-state index contributed by atoms with van der Waals surface area (Å²) in [7, 11) is 1.26. The maximum Gasteiger partial charge on any atom is 0.360 e. The number of aryl methyl sites for hydroxylation is 1. The quantitative estimate of drug-likeness (QED) is 0.837. The minimum atomic E-state index is -0.586. The highest BCUT2D eigenvalue weighted by atomic mass is 16.5. The highest BCUT2D eigenvalue weighted by Gasteiger charge is 2.12. The molecule has 0 aliphatic rings. The van der Waals surface area contributed by atoms with Crippen molar-refractivity contribution in [1.82, 2.24) is 15.0 Å². The summed E-state index contributed by atoms with van der Waals surface area (Å²) in [6, 6.07) is 7.61. The van der Waals surface area contributed by atoms with E-state index >= 15 is 0 Å². The van der Waals surface area contributed by atoms with E-state index in [4.69, 9.17) is 0 Å². The summed E-state index contributed by atoms with van der Waals surface area (Å²) in [5.74, 6) is -0.836. The lowest BCUT2D eigenvalue weighted by molar-refractivity contribution is -0.116. The molecule has 0 fully saturated rings. The maximum absolute atomic E-state index is 11.9. The molecule has 0 bridgehead atoms. The monoisotopic (exact) mass is 288 g/mol. The lowest BCUT2D eigenvalue weighted by Crippen LogP contribution is -2.19. The van der Waals surface area contributed by atoms with Gasteiger partial charge in [-0.25, -0.2) is 9.48 Å². The van der Waals surface area contributed by atoms with Crippen molar-refractivity contribution in [1.29, 1.82) is 0 Å². The average Bonchev–Trinajstić information content (AvgIpc) is 2.95. The number of esters is 1. The van der Waals surface area contributed by atoms with Crippen molar-refractivity contribution in [2.24, 2.45) is 0 Å². The number of benzene rings is 1. The van der Waals surface area contributed by atoms with Crippen LogP contribution in [0.2, 0.25) is 0 Å². The van der Waals surface area contributed by atoms with Crippen molar-refractivity contribution in [3.63, 3.8) is 0 Å². The second kappa shape index (κ2) is 6.65. The zero-order valence-corrected chi connectivity index (χ0v) is 11.9. The van der Waals surface area contributed by atoms with Crippen LogP contribution in [0.5, 0.6) is 0 Å². The smallest absolute Gasteiger partial charge is 0.360 e. The largest absolute Gasteiger partial charge is 0.464 e. The molecular formula is C14H16N4O3. The Bertz CT molecular complexity index is 634. The number of nitrogens with one attached hydrogen (secondary N) is 1. The van der Waals surface area contributed by atoms with E-state index in [1.54, 1.807) is 0 Å². The second-order valence-corrected chi connectivity index (χ2v) is 4.39. The first-order valence-corrected chi connectivity index (χ1v) is 6.49. The molecule has 7 nitrogen and oxygen atoms in total. The number of rotatable bonds is 5. The predicted molar refractivity (Wildman–Crippen MR) is 75.8 cm³/mol. The van der Waals surface area contributed by atoms with Crippen LogP contribution in [0.1, 0.15) is 23.0 Å². The number of amides is 1. The van der Waals surface area contributed by atoms with Gasteiger partial charge >= 0.3 is 5.97 Å². The Morgan fingerprint density at radius 3 is 2.62 bits per heavy atom. The molecule has 2 aromatic rings. The Balaban J connectivity index is 1.94. The zero-order valence-electron chi connectivity index (χ0n) is 11.9. The average molecular weight is 288 g/mol. The molecule has 0 aliphatic heterocycles. The van der Waals surface area contributed by atoms with Crippen LogP contribution in [-0.4, -0.2) is 34.0 Å². The van der Waals surface area contributed by atoms with E-state index in [0.717, 1.165) is 6.42 Å². The van der Waals surface area contributed by atoms with Crippen molar-refractivity contribution in [2.45, 2.75) is 19.9 Å². The first-order valence-electron chi connectivity index (χ1n) is 6.49. The summed E-state index contributed by atoms with van der Waals surface area (Å²) >= 11 is 0. The molecule has 0 spiro atoms. The van der Waals surface area contributed by atoms with Gasteiger partial charge in [-0.15, -0.1) is 5.10 Å². The van der Waals surface area contributed by atoms with Gasteiger partial charge in [-0.05, 0) is 24.1 Å². The molecule has 0 saturated carbocycles. The first kappa shape index (κ1) is 14.7. The van der Waals surface area contributed by atoms with Crippen molar-refractivity contribution < 1.29 is 14.3 Å². The maximum atomic E-state index is 11.9. The zero-order chi connectivity index (χ0) is 15.2. The lowest BCUT2D eigenvalue weighted by Gasteiger charge is -2.05. The third-order valence-corrected chi connectivity index (χ3v) is 2.88. The normalized spacial score (nSPS) is 10.2. The summed E-state index contributed by atoms with van der Waals surface area (Å²) in [5, 5.41) is 10.1. The fraction of sp³-hybridized carbons (Fsp3) is 0.286. The Morgan fingerprint density at radius 2 is 2.00 bits per heavy atom. The molecular weight excluding hydrogens is 272 g/mol. The van der Waals surface area contributed by atoms with Crippen LogP contribution in [0, 0.1) is 0 Å². The number of methoxy groups -OCH3 is 1. The van der Waals surface area contributed by atoms with E-state index in [2.05, 4.69) is 27.3 Å². The molecule has 0 aliphatic carbocycles. The molecule has 1 heterocycles. The van der Waals surface area contributed by atoms with Gasteiger partial charge in [-0.3, -0.25) is 4.79 Å². The van der Waals surface area contributed by atoms with Gasteiger partial charge in [-0.1, -0.05) is 24.3 Å². The number of hydrogen-bond donors (Lipinski definition) is 1. The minimum Gasteiger partial charge on any atom is -0.464 e. The topological polar surface area (TPSA) is 86.1 Å². The van der Waals surface area contributed by atoms with E-state index < -0.39 is 5.97 Å². The molecule has 0 saturated heterocycles. The van der Waals surface area contributed by atoms with Crippen LogP contribution in [0.4, 0.5) is 5.69 Å². The van der Waals surface area contributed by atoms with Crippen LogP contribution in [0.15, 0.2) is 30.5 Å². The standard InChI is InChI=1S/C14H16N4O3/c1-3-10-4-6-11(7-5-10)15-13(19)9-18-8-12(16-17-18)14(20)21-2/h4-8H,3,9H2,1-2H3,(H,15,19). The molecule has 7 heteroatoms. The fourth-order valence-corrected chi connectivity index (χ4v) is 1.75. The van der Waals surface area contributed by atoms with Gasteiger partial charge in [0.25, 0.3) is 0 Å². The summed E-state index contributed by atoms with van der Waals surface area (Å²) in [6.07, 6.45) is 2.31. The van der Waals surface area contributed by atoms with Gasteiger partial charge in [0, 0.05) is 5.69 Å². The van der Waals surface area contributed by atoms with Crippen LogP contribution < -0.4 is 5.32 Å². The number of carbonyl (C=O) groups excluding carboxylic acids is 2. The fourth-order valence-electron chi connectivity index (χ4n) is 1.75. The number of ether oxygens (including phenoxy) is 1. The summed E-state index contributed by atoms with van der Waals surface area (Å²) in [4.78, 5) is 23.1. The van der Waals surface area contributed by atoms with Crippen molar-refractivity contribution in [2.75, 3.05) is 12.4 Å². The van der Waals surface area contributed by atoms with E-state index in [-0.39, 0.29) is 18.1 Å². The molecule has 0 radical (unpaired) electrons. The van der Waals surface area contributed by atoms with E-state index in [1.165, 1.54) is 23.6 Å². The first-order chi connectivity index (χ1) is 10.1. The number of nitrogens with zero attached hydrogens (tertiary/aromatic N) is 3. The third-order valence-electron chi connectivity index (χ3n) is 2.88. The van der Waals surface area contributed by atoms with Gasteiger partial charge in [0.15, 0.2) is 5.69 Å². The third kappa shape index (κ3) is 3.88. The van der Waals surface area contributed by atoms with Crippen molar-refractivity contribution in [3.8, 4) is 0 Å². The second-order valence-electron chi connectivity index (χ2n) is 4.39. The Kier molecular flexibility index (Phi) is 4.65. The molecule has 1 aromatic carbocycles. The number of anilines is 1. The van der Waals surface area contributed by atoms with Gasteiger partial charge in [0.1, 0.15) is 6.54 Å². The number of carbonyl (C=O) groups is 2. The predicted octanol–water partition coefficient (Wildman–Crippen LogP) is 1.27. The Morgan fingerprint density at radius 1 is 1.29 bits per heavy atom. The lowest BCUT2D eigenvalue weighted by atomic mass is 10.1. The summed E-state index contributed by atoms with van der Waals surface area (Å²) in [5.41, 5.74) is 1.98. The van der Waals surface area contributed by atoms with E-state index in [9.17, 15) is 9.59 Å². The van der Waals surface area contributed by atoms with Gasteiger partial charge in [0.2, 0.25) is 5.91 Å². The van der Waals surface area contributed by atoms with Crippen LogP contribution in [-0.2, 0) is 22.5 Å². The van der Waals surface area contributed by atoms with Crippen LogP contribution >= 0.6 is 0 Å². The highest BCUT2D eigenvalue weighted by Crippen LogP contribution is 2.10. The molecule has 1 amide bonds. The summed E-state index contributed by atoms with van der Waals surface area (Å²) in [6.45, 7) is 2.04. The molecule has 1 aromatic heterocycles. The van der Waals surface area contributed by atoms with Gasteiger partial charge in [0.05, 0.1) is 13.3 Å². The molecule has 1 N–H and O–H groups in total. The highest BCUT2D eigenvalue weighted by molar-refractivity contribution is 5.90. The summed E-state index contributed by atoms with van der Waals surface area (Å²) < 4.78 is 5.80. The molecule has 0 atom stereocenters. The minimum absolute atomic E-state index is 0.0283. The van der Waals surface area contributed by atoms with Gasteiger partial charge in [-0.2, -0.15) is 0 Å². The van der Waals surface area contributed by atoms with E-state index in [1.807, 2.05) is 24.3 Å². The van der Waals surface area contributed by atoms with Crippen LogP contribution in [0.3, 0.4) is 0 Å². The van der Waals surface area contributed by atoms with Crippen molar-refractivity contribution >= 4 is 17.6 Å². The van der Waals surface area contributed by atoms with Gasteiger partial charge < -0.3 is 10.1 Å². The Labute approximate surface area is 121 Å². The van der Waals surface area contributed by atoms with Crippen LogP contribution in [0.25, 0.3) is 0 Å². The SMILES string of the molecule is CCc1ccc(NC(=O)Cn2cc(C(=O)OC)nn2)cc1. The molecule has 2 rings (SSSR count). The van der Waals surface area contributed by atoms with Crippen molar-refractivity contribution in [3.05, 3.63) is 41.7 Å². The van der Waals surface area contributed by atoms with E-state index in [0.29, 0.717) is 5.69 Å².